The fourth-order valence-corrected chi connectivity index (χ4v) is 4.02. The second-order valence-electron chi connectivity index (χ2n) is 3.33. The number of hydrogen-bond donors (Lipinski definition) is 0. The zero-order valence-electron chi connectivity index (χ0n) is 13.3. The first-order chi connectivity index (χ1) is 9.52. The third-order valence-electron chi connectivity index (χ3n) is 2.68. The van der Waals surface area contributed by atoms with Crippen LogP contribution < -0.4 is 0 Å². The molecule has 0 saturated carbocycles. The molecule has 0 spiro atoms. The molecule has 0 heterocycles. The van der Waals surface area contributed by atoms with E-state index < -0.39 is 0 Å². The summed E-state index contributed by atoms with van der Waals surface area (Å²) in [5, 5.41) is 0. The van der Waals surface area contributed by atoms with E-state index in [1.54, 1.807) is 0 Å². The first-order valence-electron chi connectivity index (χ1n) is 6.62. The molecule has 8 heteroatoms. The quantitative estimate of drug-likeness (QED) is 0.185. The summed E-state index contributed by atoms with van der Waals surface area (Å²) in [6, 6.07) is 0. The fraction of sp³-hybridized carbons (Fsp3) is 1.00. The summed E-state index contributed by atoms with van der Waals surface area (Å²) < 4.78 is 0. The van der Waals surface area contributed by atoms with Crippen LogP contribution in [0.15, 0.2) is 0 Å². The molecule has 0 aromatic rings. The predicted octanol–water partition coefficient (Wildman–Crippen LogP) is 8.59. The molecule has 0 radical (unpaired) electrons. The van der Waals surface area contributed by atoms with Gasteiger partial charge in [0, 0.05) is 0 Å². The van der Waals surface area contributed by atoms with Crippen LogP contribution in [0.1, 0.15) is 41.5 Å². The van der Waals surface area contributed by atoms with Crippen molar-refractivity contribution in [3.63, 3.8) is 0 Å². The van der Waals surface area contributed by atoms with Crippen molar-refractivity contribution in [3.05, 3.63) is 0 Å². The molecule has 0 aliphatic heterocycles. The zero-order chi connectivity index (χ0) is 16.8. The molecule has 0 aliphatic carbocycles. The molecular weight excluding hydrogens is 1100 g/mol. The molecule has 0 unspecified atom stereocenters. The Labute approximate surface area is 190 Å². The van der Waals surface area contributed by atoms with Gasteiger partial charge in [0.25, 0.3) is 0 Å². The summed E-state index contributed by atoms with van der Waals surface area (Å²) in [5.41, 5.74) is 0. The van der Waals surface area contributed by atoms with Crippen molar-refractivity contribution in [1.82, 2.24) is 0 Å². The Bertz CT molecular complexity index is 105. The first-order valence-corrected chi connectivity index (χ1v) is 36.2. The molecule has 0 bridgehead atoms. The summed E-state index contributed by atoms with van der Waals surface area (Å²) >= 11 is 10.6. The monoisotopic (exact) mass is 1130 g/mol. The summed E-state index contributed by atoms with van der Waals surface area (Å²) in [6.07, 6.45) is 8.51. The Kier molecular flexibility index (Phi) is 57.9. The number of hydrogen-bond acceptors (Lipinski definition) is 0. The molecule has 20 heavy (non-hydrogen) atoms. The van der Waals surface area contributed by atoms with Crippen molar-refractivity contribution in [2.75, 3.05) is 37.0 Å². The van der Waals surface area contributed by atoms with Crippen LogP contribution in [0.2, 0.25) is 0 Å². The van der Waals surface area contributed by atoms with Gasteiger partial charge in [-0.25, -0.2) is 0 Å². The minimum absolute atomic E-state index is 0.446. The SMILES string of the molecule is CCP(CC)CC.CCP(CC)CC.[I][Pt][I].[I][Pt][I]. The van der Waals surface area contributed by atoms with Crippen LogP contribution in [-0.4, -0.2) is 37.0 Å². The summed E-state index contributed by atoms with van der Waals surface area (Å²) in [6.45, 7) is 13.7. The summed E-state index contributed by atoms with van der Waals surface area (Å²) in [4.78, 5) is 0. The van der Waals surface area contributed by atoms with Crippen LogP contribution in [0, 0.1) is 0 Å². The second-order valence-corrected chi connectivity index (χ2v) is 43.0. The molecule has 0 amide bonds. The van der Waals surface area contributed by atoms with Gasteiger partial charge in [-0.05, 0) is 37.0 Å². The topological polar surface area (TPSA) is 0 Å². The molecule has 0 atom stereocenters. The Morgan fingerprint density at radius 2 is 0.600 bits per heavy atom. The van der Waals surface area contributed by atoms with E-state index in [0.717, 1.165) is 0 Å². The van der Waals surface area contributed by atoms with Crippen LogP contribution in [0.5, 0.6) is 0 Å². The van der Waals surface area contributed by atoms with E-state index in [1.165, 1.54) is 37.0 Å². The number of halogens is 4. The van der Waals surface area contributed by atoms with E-state index in [2.05, 4.69) is 119 Å². The van der Waals surface area contributed by atoms with Gasteiger partial charge >= 0.3 is 99.8 Å². The van der Waals surface area contributed by atoms with Crippen molar-refractivity contribution in [2.24, 2.45) is 0 Å². The molecule has 0 rings (SSSR count). The van der Waals surface area contributed by atoms with Gasteiger partial charge in [-0.15, -0.1) is 15.8 Å². The van der Waals surface area contributed by atoms with E-state index in [1.807, 2.05) is 0 Å². The minimum atomic E-state index is 0.446. The Hall–Kier alpha value is 5.16. The van der Waals surface area contributed by atoms with Gasteiger partial charge in [0.2, 0.25) is 0 Å². The second kappa shape index (κ2) is 35.3. The molecule has 0 nitrogen and oxygen atoms in total. The van der Waals surface area contributed by atoms with Gasteiger partial charge in [-0.1, -0.05) is 41.5 Å². The molecule has 0 aromatic carbocycles. The Morgan fingerprint density at radius 1 is 0.500 bits per heavy atom. The maximum absolute atomic E-state index is 2.39. The van der Waals surface area contributed by atoms with Crippen LogP contribution in [0.25, 0.3) is 0 Å². The molecule has 0 aliphatic rings. The van der Waals surface area contributed by atoms with Gasteiger partial charge in [-0.3, -0.25) is 0 Å². The van der Waals surface area contributed by atoms with Crippen LogP contribution >= 0.6 is 93.3 Å². The van der Waals surface area contributed by atoms with E-state index in [0.29, 0.717) is 38.2 Å². The average molecular weight is 1130 g/mol. The molecule has 0 fully saturated rings. The van der Waals surface area contributed by atoms with E-state index in [9.17, 15) is 0 Å². The first kappa shape index (κ1) is 32.8. The zero-order valence-corrected chi connectivity index (χ0v) is 28.2. The Balaban J connectivity index is -0.0000000927. The standard InChI is InChI=1S/2C6H15P.4HI.2Pt/c2*1-4-7(5-2)6-3;;;;;;/h2*4-6H2,1-3H3;4*1H;;/q;;;;;;2*+2/p-4. The van der Waals surface area contributed by atoms with Crippen LogP contribution in [0.3, 0.4) is 0 Å². The Morgan fingerprint density at radius 3 is 0.600 bits per heavy atom. The molecule has 0 N–H and O–H groups in total. The molecular formula is C12H30I4P2Pt2. The normalized spacial score (nSPS) is 9.40. The van der Waals surface area contributed by atoms with Crippen LogP contribution in [0.4, 0.5) is 0 Å². The van der Waals surface area contributed by atoms with Crippen molar-refractivity contribution in [1.29, 1.82) is 0 Å². The van der Waals surface area contributed by atoms with Crippen molar-refractivity contribution in [2.45, 2.75) is 41.5 Å². The third-order valence-corrected chi connectivity index (χ3v) is 8.05. The summed E-state index contributed by atoms with van der Waals surface area (Å²) in [5.74, 6) is 0. The van der Waals surface area contributed by atoms with E-state index in [4.69, 9.17) is 0 Å². The van der Waals surface area contributed by atoms with Gasteiger partial charge in [0.05, 0.1) is 0 Å². The van der Waals surface area contributed by atoms with Crippen molar-refractivity contribution in [3.8, 4) is 0 Å². The van der Waals surface area contributed by atoms with Gasteiger partial charge in [0.1, 0.15) is 0 Å². The van der Waals surface area contributed by atoms with Crippen molar-refractivity contribution < 1.29 is 22.4 Å². The molecule has 0 aromatic heterocycles. The number of rotatable bonds is 6. The van der Waals surface area contributed by atoms with E-state index in [-0.39, 0.29) is 0 Å². The van der Waals surface area contributed by atoms with Crippen molar-refractivity contribution >= 4 is 93.3 Å². The van der Waals surface area contributed by atoms with Crippen LogP contribution in [-0.2, 0) is 22.4 Å². The fourth-order valence-electron chi connectivity index (χ4n) is 1.34. The average Bonchev–Trinajstić information content (AvgIpc) is 2.45. The van der Waals surface area contributed by atoms with Gasteiger partial charge in [-0.2, -0.15) is 0 Å². The maximum atomic E-state index is 2.39. The van der Waals surface area contributed by atoms with Gasteiger partial charge < -0.3 is 0 Å². The molecule has 0 saturated heterocycles. The van der Waals surface area contributed by atoms with E-state index >= 15 is 0 Å². The predicted molar refractivity (Wildman–Crippen MR) is 133 cm³/mol. The molecule has 136 valence electrons. The summed E-state index contributed by atoms with van der Waals surface area (Å²) in [7, 11) is 0.892. The van der Waals surface area contributed by atoms with Gasteiger partial charge in [0.15, 0.2) is 0 Å². The third kappa shape index (κ3) is 38.6.